The van der Waals surface area contributed by atoms with Crippen LogP contribution in [0, 0.1) is 0 Å². The van der Waals surface area contributed by atoms with Crippen LogP contribution in [0.2, 0.25) is 0 Å². The molecule has 2 amide bonds. The topological polar surface area (TPSA) is 49.4 Å². The molecule has 2 aliphatic heterocycles. The van der Waals surface area contributed by atoms with Crippen LogP contribution in [0.15, 0.2) is 22.7 Å². The first-order valence-corrected chi connectivity index (χ1v) is 8.31. The van der Waals surface area contributed by atoms with Crippen molar-refractivity contribution in [3.05, 3.63) is 33.8 Å². The first kappa shape index (κ1) is 13.5. The maximum Gasteiger partial charge on any atom is 0.261 e. The van der Waals surface area contributed by atoms with Crippen molar-refractivity contribution in [2.75, 3.05) is 6.54 Å². The third-order valence-electron chi connectivity index (χ3n) is 5.16. The zero-order valence-electron chi connectivity index (χ0n) is 11.7. The summed E-state index contributed by atoms with van der Waals surface area (Å²) in [6.07, 6.45) is 5.33. The maximum absolute atomic E-state index is 12.6. The summed E-state index contributed by atoms with van der Waals surface area (Å²) in [4.78, 5) is 26.8. The summed E-state index contributed by atoms with van der Waals surface area (Å²) in [5.41, 5.74) is 1.26. The van der Waals surface area contributed by atoms with Crippen LogP contribution in [0.5, 0.6) is 0 Å². The van der Waals surface area contributed by atoms with Crippen LogP contribution in [0.4, 0.5) is 0 Å². The maximum atomic E-state index is 12.6. The Morgan fingerprint density at radius 2 is 1.95 bits per heavy atom. The molecular weight excluding hydrogens is 332 g/mol. The third kappa shape index (κ3) is 1.98. The van der Waals surface area contributed by atoms with Crippen molar-refractivity contribution in [1.82, 2.24) is 10.2 Å². The number of carbonyl (C=O) groups excluding carboxylic acids is 2. The minimum atomic E-state index is -0.127. The number of halogens is 1. The highest BCUT2D eigenvalue weighted by molar-refractivity contribution is 9.10. The van der Waals surface area contributed by atoms with Gasteiger partial charge in [-0.15, -0.1) is 0 Å². The molecule has 4 rings (SSSR count). The molecule has 4 nitrogen and oxygen atoms in total. The molecule has 21 heavy (non-hydrogen) atoms. The van der Waals surface area contributed by atoms with Gasteiger partial charge < -0.3 is 5.32 Å². The van der Waals surface area contributed by atoms with E-state index in [4.69, 9.17) is 0 Å². The van der Waals surface area contributed by atoms with Gasteiger partial charge >= 0.3 is 0 Å². The summed E-state index contributed by atoms with van der Waals surface area (Å²) in [5.74, 6) is -0.249. The zero-order chi connectivity index (χ0) is 14.6. The van der Waals surface area contributed by atoms with Crippen LogP contribution in [-0.2, 0) is 0 Å². The summed E-state index contributed by atoms with van der Waals surface area (Å²) in [7, 11) is 0. The summed E-state index contributed by atoms with van der Waals surface area (Å²) in [6.45, 7) is 0.891. The van der Waals surface area contributed by atoms with Crippen molar-refractivity contribution in [2.24, 2.45) is 0 Å². The highest BCUT2D eigenvalue weighted by Gasteiger charge is 2.47. The Kier molecular flexibility index (Phi) is 2.98. The standard InChI is InChI=1S/C16H17BrN2O2/c17-10-2-3-12-13(8-10)15(21)19(14(12)20)11-4-7-18-16(9-11)5-1-6-16/h2-3,8,11,18H,1,4-7,9H2. The molecule has 2 heterocycles. The van der Waals surface area contributed by atoms with E-state index in [-0.39, 0.29) is 23.4 Å². The number of rotatable bonds is 1. The molecule has 0 aromatic heterocycles. The highest BCUT2D eigenvalue weighted by Crippen LogP contribution is 2.41. The average molecular weight is 349 g/mol. The molecule has 1 N–H and O–H groups in total. The molecule has 1 atom stereocenters. The van der Waals surface area contributed by atoms with Crippen LogP contribution >= 0.6 is 15.9 Å². The molecule has 1 aromatic rings. The Hall–Kier alpha value is -1.20. The van der Waals surface area contributed by atoms with Gasteiger partial charge in [0, 0.05) is 16.1 Å². The van der Waals surface area contributed by atoms with Crippen LogP contribution in [0.1, 0.15) is 52.8 Å². The number of carbonyl (C=O) groups is 2. The normalized spacial score (nSPS) is 26.9. The van der Waals surface area contributed by atoms with Crippen molar-refractivity contribution in [3.63, 3.8) is 0 Å². The number of nitrogens with zero attached hydrogens (tertiary/aromatic N) is 1. The highest BCUT2D eigenvalue weighted by atomic mass is 79.9. The minimum absolute atomic E-state index is 0.0396. The monoisotopic (exact) mass is 348 g/mol. The fraction of sp³-hybridized carbons (Fsp3) is 0.500. The molecule has 1 saturated heterocycles. The number of imide groups is 1. The van der Waals surface area contributed by atoms with Crippen LogP contribution in [0.25, 0.3) is 0 Å². The largest absolute Gasteiger partial charge is 0.311 e. The van der Waals surface area contributed by atoms with E-state index in [0.717, 1.165) is 36.7 Å². The van der Waals surface area contributed by atoms with E-state index in [2.05, 4.69) is 21.2 Å². The van der Waals surface area contributed by atoms with E-state index in [0.29, 0.717) is 11.1 Å². The molecule has 110 valence electrons. The Morgan fingerprint density at radius 3 is 2.67 bits per heavy atom. The quantitative estimate of drug-likeness (QED) is 0.794. The van der Waals surface area contributed by atoms with Gasteiger partial charge in [0.2, 0.25) is 0 Å². The molecule has 3 aliphatic rings. The van der Waals surface area contributed by atoms with Crippen molar-refractivity contribution < 1.29 is 9.59 Å². The Labute approximate surface area is 132 Å². The second-order valence-corrected chi connectivity index (χ2v) is 7.29. The summed E-state index contributed by atoms with van der Waals surface area (Å²) in [6, 6.07) is 5.37. The molecule has 1 spiro atoms. The van der Waals surface area contributed by atoms with Gasteiger partial charge in [-0.2, -0.15) is 0 Å². The molecule has 1 aliphatic carbocycles. The van der Waals surface area contributed by atoms with Crippen molar-refractivity contribution >= 4 is 27.7 Å². The molecular formula is C16H17BrN2O2. The first-order chi connectivity index (χ1) is 10.1. The number of hydrogen-bond donors (Lipinski definition) is 1. The fourth-order valence-corrected chi connectivity index (χ4v) is 4.26. The van der Waals surface area contributed by atoms with Gasteiger partial charge in [-0.05, 0) is 56.8 Å². The molecule has 1 unspecified atom stereocenters. The predicted molar refractivity (Wildman–Crippen MR) is 82.2 cm³/mol. The van der Waals surface area contributed by atoms with E-state index >= 15 is 0 Å². The van der Waals surface area contributed by atoms with E-state index in [1.807, 2.05) is 6.07 Å². The van der Waals surface area contributed by atoms with Crippen molar-refractivity contribution in [3.8, 4) is 0 Å². The fourth-order valence-electron chi connectivity index (χ4n) is 3.90. The lowest BCUT2D eigenvalue weighted by molar-refractivity contribution is 0.0405. The van der Waals surface area contributed by atoms with Crippen LogP contribution in [-0.4, -0.2) is 34.8 Å². The summed E-state index contributed by atoms with van der Waals surface area (Å²) >= 11 is 3.37. The summed E-state index contributed by atoms with van der Waals surface area (Å²) < 4.78 is 0.838. The van der Waals surface area contributed by atoms with E-state index in [1.54, 1.807) is 12.1 Å². The lowest BCUT2D eigenvalue weighted by atomic mass is 9.70. The average Bonchev–Trinajstić information content (AvgIpc) is 2.69. The van der Waals surface area contributed by atoms with Gasteiger partial charge in [0.05, 0.1) is 11.1 Å². The zero-order valence-corrected chi connectivity index (χ0v) is 13.3. The Balaban J connectivity index is 1.64. The second-order valence-electron chi connectivity index (χ2n) is 6.38. The van der Waals surface area contributed by atoms with Crippen molar-refractivity contribution in [2.45, 2.75) is 43.7 Å². The van der Waals surface area contributed by atoms with Gasteiger partial charge in [0.15, 0.2) is 0 Å². The summed E-state index contributed by atoms with van der Waals surface area (Å²) in [5, 5.41) is 3.59. The molecule has 0 radical (unpaired) electrons. The number of benzene rings is 1. The van der Waals surface area contributed by atoms with Gasteiger partial charge in [-0.1, -0.05) is 15.9 Å². The SMILES string of the molecule is O=C1c2ccc(Br)cc2C(=O)N1C1CCNC2(CCC2)C1. The minimum Gasteiger partial charge on any atom is -0.311 e. The number of hydrogen-bond acceptors (Lipinski definition) is 3. The van der Waals surface area contributed by atoms with Gasteiger partial charge in [-0.3, -0.25) is 14.5 Å². The molecule has 2 fully saturated rings. The van der Waals surface area contributed by atoms with Crippen LogP contribution < -0.4 is 5.32 Å². The second kappa shape index (κ2) is 4.65. The van der Waals surface area contributed by atoms with E-state index in [1.165, 1.54) is 11.3 Å². The Bertz CT molecular complexity index is 639. The molecule has 1 aromatic carbocycles. The number of fused-ring (bicyclic) bond motifs is 1. The number of piperidine rings is 1. The molecule has 5 heteroatoms. The van der Waals surface area contributed by atoms with Gasteiger partial charge in [0.1, 0.15) is 0 Å². The third-order valence-corrected chi connectivity index (χ3v) is 5.65. The first-order valence-electron chi connectivity index (χ1n) is 7.52. The van der Waals surface area contributed by atoms with E-state index in [9.17, 15) is 9.59 Å². The molecule has 0 bridgehead atoms. The Morgan fingerprint density at radius 1 is 1.19 bits per heavy atom. The number of nitrogens with one attached hydrogen (secondary N) is 1. The lowest BCUT2D eigenvalue weighted by Gasteiger charge is -2.49. The van der Waals surface area contributed by atoms with Gasteiger partial charge in [-0.25, -0.2) is 0 Å². The van der Waals surface area contributed by atoms with Gasteiger partial charge in [0.25, 0.3) is 11.8 Å². The molecule has 1 saturated carbocycles. The lowest BCUT2D eigenvalue weighted by Crippen LogP contribution is -2.60. The van der Waals surface area contributed by atoms with Crippen LogP contribution in [0.3, 0.4) is 0 Å². The number of amides is 2. The smallest absolute Gasteiger partial charge is 0.261 e. The van der Waals surface area contributed by atoms with E-state index < -0.39 is 0 Å². The van der Waals surface area contributed by atoms with Crippen molar-refractivity contribution in [1.29, 1.82) is 0 Å². The predicted octanol–water partition coefficient (Wildman–Crippen LogP) is 2.72.